The summed E-state index contributed by atoms with van der Waals surface area (Å²) >= 11 is 0. The van der Waals surface area contributed by atoms with Crippen LogP contribution in [0.5, 0.6) is 0 Å². The molecule has 11 aromatic carbocycles. The normalized spacial score (nSPS) is 14.7. The molecule has 0 heterocycles. The molecule has 0 saturated heterocycles. The Labute approximate surface area is 449 Å². The summed E-state index contributed by atoms with van der Waals surface area (Å²) in [5.41, 5.74) is 30.6. The average Bonchev–Trinajstić information content (AvgIpc) is 3.95. The highest BCUT2D eigenvalue weighted by molar-refractivity contribution is 5.97. The predicted molar refractivity (Wildman–Crippen MR) is 321 cm³/mol. The van der Waals surface area contributed by atoms with E-state index in [0.29, 0.717) is 0 Å². The summed E-state index contributed by atoms with van der Waals surface area (Å²) in [4.78, 5) is 0. The van der Waals surface area contributed by atoms with E-state index in [1.807, 2.05) is 0 Å². The van der Waals surface area contributed by atoms with E-state index in [-0.39, 0.29) is 22.2 Å². The van der Waals surface area contributed by atoms with Crippen LogP contribution in [0.4, 0.5) is 0 Å². The van der Waals surface area contributed by atoms with Gasteiger partial charge in [-0.3, -0.25) is 0 Å². The highest BCUT2D eigenvalue weighted by Crippen LogP contribution is 2.54. The van der Waals surface area contributed by atoms with Crippen LogP contribution in [0.2, 0.25) is 0 Å². The summed E-state index contributed by atoms with van der Waals surface area (Å²) < 4.78 is 0. The lowest BCUT2D eigenvalue weighted by molar-refractivity contribution is 0.648. The number of rotatable bonds is 9. The third-order valence-electron chi connectivity index (χ3n) is 18.2. The minimum atomic E-state index is -0.143. The van der Waals surface area contributed by atoms with Crippen LogP contribution < -0.4 is 0 Å². The van der Waals surface area contributed by atoms with Crippen molar-refractivity contribution in [3.63, 3.8) is 0 Å². The van der Waals surface area contributed by atoms with Crippen LogP contribution in [0.15, 0.2) is 237 Å². The predicted octanol–water partition coefficient (Wildman–Crippen LogP) is 20.2. The second-order valence-electron chi connectivity index (χ2n) is 23.6. The molecule has 0 aromatic heterocycles. The van der Waals surface area contributed by atoms with E-state index in [9.17, 15) is 0 Å². The van der Waals surface area contributed by atoms with Crippen molar-refractivity contribution in [1.29, 1.82) is 0 Å². The third-order valence-corrected chi connectivity index (χ3v) is 18.2. The molecule has 0 fully saturated rings. The van der Waals surface area contributed by atoms with Crippen molar-refractivity contribution in [2.75, 3.05) is 0 Å². The van der Waals surface area contributed by atoms with Crippen LogP contribution in [0.25, 0.3) is 88.7 Å². The maximum atomic E-state index is 2.58. The lowest BCUT2D eigenvalue weighted by Crippen LogP contribution is -2.17. The molecular formula is C76H62. The molecule has 0 N–H and O–H groups in total. The van der Waals surface area contributed by atoms with Gasteiger partial charge in [0.1, 0.15) is 0 Å². The lowest BCUT2D eigenvalue weighted by Gasteiger charge is -2.26. The van der Waals surface area contributed by atoms with Crippen LogP contribution in [0, 0.1) is 0 Å². The minimum Gasteiger partial charge on any atom is -0.0622 e. The van der Waals surface area contributed by atoms with Gasteiger partial charge in [-0.2, -0.15) is 0 Å². The molecule has 11 aromatic rings. The standard InChI is InChI=1S/C76H62/c1-74(2)68-42-48(25-36-62(68)63-39-32-56(45-69(63)74)51-26-28-53(29-27-51)61-23-15-21-52-20-13-14-22-60(52)61)24-35-59(57-33-40-66-64-37-30-54(49-16-9-7-10-17-49)43-70(64)75(3,4)72(66)46-57)58-34-41-67-65-38-31-55(50-18-11-8-12-19-50)44-71(65)76(5,6)73(67)47-58/h7-23,25-34,36-47,59H,24,35H2,1-6H3. The summed E-state index contributed by atoms with van der Waals surface area (Å²) in [6, 6.07) is 89.9. The summed E-state index contributed by atoms with van der Waals surface area (Å²) in [6.45, 7) is 14.6. The Hall–Kier alpha value is -8.32. The Bertz CT molecular complexity index is 3950. The molecule has 3 aliphatic rings. The van der Waals surface area contributed by atoms with Crippen molar-refractivity contribution >= 4 is 10.8 Å². The molecule has 3 aliphatic carbocycles. The molecule has 0 bridgehead atoms. The number of hydrogen-bond acceptors (Lipinski definition) is 0. The molecule has 0 heteroatoms. The van der Waals surface area contributed by atoms with Crippen molar-refractivity contribution in [2.45, 2.75) is 76.5 Å². The van der Waals surface area contributed by atoms with Gasteiger partial charge in [0.15, 0.2) is 0 Å². The van der Waals surface area contributed by atoms with Crippen LogP contribution in [0.1, 0.15) is 104 Å². The first-order valence-corrected chi connectivity index (χ1v) is 27.5. The smallest absolute Gasteiger partial charge is 0.0159 e. The molecular weight excluding hydrogens is 913 g/mol. The maximum Gasteiger partial charge on any atom is 0.0159 e. The number of benzene rings is 11. The molecule has 14 rings (SSSR count). The van der Waals surface area contributed by atoms with Gasteiger partial charge in [-0.15, -0.1) is 0 Å². The zero-order valence-corrected chi connectivity index (χ0v) is 44.5. The van der Waals surface area contributed by atoms with E-state index in [1.165, 1.54) is 139 Å². The third kappa shape index (κ3) is 7.32. The van der Waals surface area contributed by atoms with Gasteiger partial charge in [0.2, 0.25) is 0 Å². The largest absolute Gasteiger partial charge is 0.0622 e. The fourth-order valence-electron chi connectivity index (χ4n) is 13.8. The van der Waals surface area contributed by atoms with Crippen molar-refractivity contribution in [3.8, 4) is 77.9 Å². The molecule has 366 valence electrons. The van der Waals surface area contributed by atoms with Crippen molar-refractivity contribution in [3.05, 3.63) is 287 Å². The average molecular weight is 975 g/mol. The molecule has 0 atom stereocenters. The van der Waals surface area contributed by atoms with E-state index in [0.717, 1.165) is 12.8 Å². The summed E-state index contributed by atoms with van der Waals surface area (Å²) in [5, 5.41) is 2.56. The fourth-order valence-corrected chi connectivity index (χ4v) is 13.8. The van der Waals surface area contributed by atoms with Gasteiger partial charge in [-0.25, -0.2) is 0 Å². The van der Waals surface area contributed by atoms with Crippen LogP contribution in [-0.2, 0) is 22.7 Å². The first-order valence-electron chi connectivity index (χ1n) is 27.5. The Morgan fingerprint density at radius 1 is 0.276 bits per heavy atom. The summed E-state index contributed by atoms with van der Waals surface area (Å²) in [6.07, 6.45) is 1.97. The van der Waals surface area contributed by atoms with Crippen LogP contribution in [0.3, 0.4) is 0 Å². The Balaban J connectivity index is 0.797. The number of fused-ring (bicyclic) bond motifs is 10. The topological polar surface area (TPSA) is 0 Å². The van der Waals surface area contributed by atoms with Gasteiger partial charge in [-0.1, -0.05) is 260 Å². The zero-order chi connectivity index (χ0) is 51.5. The van der Waals surface area contributed by atoms with E-state index in [1.54, 1.807) is 0 Å². The van der Waals surface area contributed by atoms with Gasteiger partial charge < -0.3 is 0 Å². The van der Waals surface area contributed by atoms with Crippen LogP contribution >= 0.6 is 0 Å². The van der Waals surface area contributed by atoms with Crippen molar-refractivity contribution < 1.29 is 0 Å². The maximum absolute atomic E-state index is 2.58. The first kappa shape index (κ1) is 46.2. The molecule has 0 spiro atoms. The van der Waals surface area contributed by atoms with E-state index >= 15 is 0 Å². The quantitative estimate of drug-likeness (QED) is 0.135. The van der Waals surface area contributed by atoms with Crippen molar-refractivity contribution in [2.24, 2.45) is 0 Å². The number of hydrogen-bond donors (Lipinski definition) is 0. The SMILES string of the molecule is CC1(C)c2cc(CCC(c3ccc4c(c3)C(C)(C)c3cc(-c5ccccc5)ccc3-4)c3ccc4c(c3)C(C)(C)c3cc(-c5ccccc5)ccc3-4)ccc2-c2ccc(-c3ccc(-c4cccc5ccccc45)cc3)cc21. The van der Waals surface area contributed by atoms with Gasteiger partial charge >= 0.3 is 0 Å². The Morgan fingerprint density at radius 2 is 0.645 bits per heavy atom. The molecule has 76 heavy (non-hydrogen) atoms. The van der Waals surface area contributed by atoms with Gasteiger partial charge in [0.05, 0.1) is 0 Å². The second kappa shape index (κ2) is 17.4. The molecule has 0 radical (unpaired) electrons. The number of aryl methyl sites for hydroxylation is 1. The highest BCUT2D eigenvalue weighted by atomic mass is 14.4. The van der Waals surface area contributed by atoms with Gasteiger partial charge in [0, 0.05) is 22.2 Å². The van der Waals surface area contributed by atoms with Crippen molar-refractivity contribution in [1.82, 2.24) is 0 Å². The van der Waals surface area contributed by atoms with Crippen LogP contribution in [-0.4, -0.2) is 0 Å². The van der Waals surface area contributed by atoms with E-state index in [4.69, 9.17) is 0 Å². The monoisotopic (exact) mass is 974 g/mol. The molecule has 0 aliphatic heterocycles. The first-order chi connectivity index (χ1) is 36.9. The second-order valence-corrected chi connectivity index (χ2v) is 23.6. The molecule has 0 saturated carbocycles. The highest BCUT2D eigenvalue weighted by Gasteiger charge is 2.39. The molecule has 0 nitrogen and oxygen atoms in total. The lowest BCUT2D eigenvalue weighted by atomic mass is 9.77. The minimum absolute atomic E-state index is 0.138. The van der Waals surface area contributed by atoms with Gasteiger partial charge in [-0.05, 0) is 170 Å². The molecule has 0 unspecified atom stereocenters. The zero-order valence-electron chi connectivity index (χ0n) is 44.5. The summed E-state index contributed by atoms with van der Waals surface area (Å²) in [5.74, 6) is 0.197. The van der Waals surface area contributed by atoms with Gasteiger partial charge in [0.25, 0.3) is 0 Å². The Kier molecular flexibility index (Phi) is 10.6. The van der Waals surface area contributed by atoms with E-state index < -0.39 is 0 Å². The summed E-state index contributed by atoms with van der Waals surface area (Å²) in [7, 11) is 0. The Morgan fingerprint density at radius 3 is 1.14 bits per heavy atom. The fraction of sp³-hybridized carbons (Fsp3) is 0.158. The molecule has 0 amide bonds. The van der Waals surface area contributed by atoms with E-state index in [2.05, 4.69) is 278 Å².